The summed E-state index contributed by atoms with van der Waals surface area (Å²) in [4.78, 5) is 11.2. The van der Waals surface area contributed by atoms with Crippen LogP contribution in [0.15, 0.2) is 24.4 Å². The zero-order valence-corrected chi connectivity index (χ0v) is 10.2. The number of aryl methyl sites for hydroxylation is 2. The summed E-state index contributed by atoms with van der Waals surface area (Å²) in [5, 5.41) is 10.1. The largest absolute Gasteiger partial charge is 0.478 e. The van der Waals surface area contributed by atoms with Crippen molar-refractivity contribution < 1.29 is 9.90 Å². The molecule has 1 heterocycles. The predicted octanol–water partition coefficient (Wildman–Crippen LogP) is 3.45. The molecule has 1 aromatic heterocycles. The summed E-state index contributed by atoms with van der Waals surface area (Å²) in [7, 11) is 0. The molecular formula is C14H17NO2. The fourth-order valence-corrected chi connectivity index (χ4v) is 2.25. The van der Waals surface area contributed by atoms with Gasteiger partial charge in [0.05, 0.1) is 5.56 Å². The van der Waals surface area contributed by atoms with Crippen molar-refractivity contribution in [3.05, 3.63) is 35.5 Å². The minimum Gasteiger partial charge on any atom is -0.478 e. The average Bonchev–Trinajstić information content (AvgIpc) is 2.64. The van der Waals surface area contributed by atoms with E-state index in [1.807, 2.05) is 25.3 Å². The van der Waals surface area contributed by atoms with E-state index in [4.69, 9.17) is 0 Å². The third-order valence-electron chi connectivity index (χ3n) is 3.08. The van der Waals surface area contributed by atoms with Gasteiger partial charge in [0.25, 0.3) is 0 Å². The summed E-state index contributed by atoms with van der Waals surface area (Å²) < 4.78 is 2.15. The summed E-state index contributed by atoms with van der Waals surface area (Å²) in [6.07, 6.45) is 4.30. The SMILES string of the molecule is CCCCn1cc(C)c2c(C(=O)O)cccc21. The van der Waals surface area contributed by atoms with Crippen LogP contribution in [0.25, 0.3) is 10.9 Å². The van der Waals surface area contributed by atoms with E-state index >= 15 is 0 Å². The summed E-state index contributed by atoms with van der Waals surface area (Å²) in [5.74, 6) is -0.855. The molecule has 3 nitrogen and oxygen atoms in total. The topological polar surface area (TPSA) is 42.2 Å². The van der Waals surface area contributed by atoms with Crippen molar-refractivity contribution in [1.29, 1.82) is 0 Å². The normalized spacial score (nSPS) is 10.9. The summed E-state index contributed by atoms with van der Waals surface area (Å²) in [5.41, 5.74) is 2.46. The quantitative estimate of drug-likeness (QED) is 0.875. The van der Waals surface area contributed by atoms with E-state index in [0.29, 0.717) is 5.56 Å². The Morgan fingerprint density at radius 2 is 2.18 bits per heavy atom. The highest BCUT2D eigenvalue weighted by atomic mass is 16.4. The molecule has 1 aromatic carbocycles. The molecular weight excluding hydrogens is 214 g/mol. The van der Waals surface area contributed by atoms with Gasteiger partial charge in [-0.25, -0.2) is 4.79 Å². The van der Waals surface area contributed by atoms with Gasteiger partial charge in [0, 0.05) is 23.6 Å². The highest BCUT2D eigenvalue weighted by molar-refractivity contribution is 6.04. The molecule has 0 amide bonds. The van der Waals surface area contributed by atoms with Gasteiger partial charge in [-0.15, -0.1) is 0 Å². The number of aromatic nitrogens is 1. The molecule has 3 heteroatoms. The first-order valence-electron chi connectivity index (χ1n) is 5.97. The van der Waals surface area contributed by atoms with Gasteiger partial charge in [-0.1, -0.05) is 19.4 Å². The minimum atomic E-state index is -0.855. The van der Waals surface area contributed by atoms with E-state index in [9.17, 15) is 9.90 Å². The highest BCUT2D eigenvalue weighted by Gasteiger charge is 2.13. The Morgan fingerprint density at radius 1 is 1.41 bits per heavy atom. The molecule has 0 saturated heterocycles. The monoisotopic (exact) mass is 231 g/mol. The predicted molar refractivity (Wildman–Crippen MR) is 68.5 cm³/mol. The van der Waals surface area contributed by atoms with Crippen LogP contribution in [0.3, 0.4) is 0 Å². The van der Waals surface area contributed by atoms with Crippen LogP contribution in [0, 0.1) is 6.92 Å². The Hall–Kier alpha value is -1.77. The first-order chi connectivity index (χ1) is 8.15. The molecule has 0 fully saturated rings. The molecule has 0 aliphatic heterocycles. The van der Waals surface area contributed by atoms with Crippen molar-refractivity contribution in [2.45, 2.75) is 33.2 Å². The number of carbonyl (C=O) groups is 1. The number of carboxylic acids is 1. The van der Waals surface area contributed by atoms with Gasteiger partial charge in [0.15, 0.2) is 0 Å². The maximum absolute atomic E-state index is 11.2. The number of carboxylic acid groups (broad SMARTS) is 1. The van der Waals surface area contributed by atoms with Gasteiger partial charge < -0.3 is 9.67 Å². The molecule has 2 rings (SSSR count). The number of rotatable bonds is 4. The molecule has 0 spiro atoms. The lowest BCUT2D eigenvalue weighted by Crippen LogP contribution is -1.98. The molecule has 1 N–H and O–H groups in total. The Balaban J connectivity index is 2.60. The number of unbranched alkanes of at least 4 members (excludes halogenated alkanes) is 1. The van der Waals surface area contributed by atoms with Crippen molar-refractivity contribution in [2.75, 3.05) is 0 Å². The van der Waals surface area contributed by atoms with Gasteiger partial charge in [0.2, 0.25) is 0 Å². The molecule has 0 saturated carbocycles. The lowest BCUT2D eigenvalue weighted by molar-refractivity contribution is 0.0699. The van der Waals surface area contributed by atoms with Crippen LogP contribution in [0.1, 0.15) is 35.7 Å². The molecule has 0 aliphatic carbocycles. The van der Waals surface area contributed by atoms with Gasteiger partial charge in [-0.2, -0.15) is 0 Å². The van der Waals surface area contributed by atoms with Crippen LogP contribution in [0.4, 0.5) is 0 Å². The smallest absolute Gasteiger partial charge is 0.336 e. The first-order valence-corrected chi connectivity index (χ1v) is 5.97. The third-order valence-corrected chi connectivity index (χ3v) is 3.08. The van der Waals surface area contributed by atoms with Crippen molar-refractivity contribution in [1.82, 2.24) is 4.57 Å². The Bertz CT molecular complexity index is 555. The molecule has 17 heavy (non-hydrogen) atoms. The second-order valence-corrected chi connectivity index (χ2v) is 4.36. The summed E-state index contributed by atoms with van der Waals surface area (Å²) in [6.45, 7) is 5.07. The number of nitrogens with zero attached hydrogens (tertiary/aromatic N) is 1. The van der Waals surface area contributed by atoms with Gasteiger partial charge in [-0.3, -0.25) is 0 Å². The number of hydrogen-bond acceptors (Lipinski definition) is 1. The van der Waals surface area contributed by atoms with Crippen molar-refractivity contribution in [3.8, 4) is 0 Å². The molecule has 0 aliphatic rings. The third kappa shape index (κ3) is 2.05. The van der Waals surface area contributed by atoms with Crippen LogP contribution in [0.5, 0.6) is 0 Å². The average molecular weight is 231 g/mol. The van der Waals surface area contributed by atoms with Crippen molar-refractivity contribution in [2.24, 2.45) is 0 Å². The summed E-state index contributed by atoms with van der Waals surface area (Å²) >= 11 is 0. The summed E-state index contributed by atoms with van der Waals surface area (Å²) in [6, 6.07) is 5.47. The molecule has 2 aromatic rings. The lowest BCUT2D eigenvalue weighted by Gasteiger charge is -2.04. The Morgan fingerprint density at radius 3 is 2.82 bits per heavy atom. The molecule has 0 unspecified atom stereocenters. The molecule has 0 radical (unpaired) electrons. The van der Waals surface area contributed by atoms with Crippen LogP contribution in [-0.4, -0.2) is 15.6 Å². The van der Waals surface area contributed by atoms with E-state index in [-0.39, 0.29) is 0 Å². The first kappa shape index (κ1) is 11.7. The lowest BCUT2D eigenvalue weighted by atomic mass is 10.1. The van der Waals surface area contributed by atoms with Crippen LogP contribution in [0.2, 0.25) is 0 Å². The van der Waals surface area contributed by atoms with Crippen LogP contribution >= 0.6 is 0 Å². The maximum atomic E-state index is 11.2. The van der Waals surface area contributed by atoms with E-state index in [0.717, 1.165) is 35.9 Å². The Kier molecular flexibility index (Phi) is 3.18. The Labute approximate surface area is 101 Å². The highest BCUT2D eigenvalue weighted by Crippen LogP contribution is 2.25. The van der Waals surface area contributed by atoms with E-state index < -0.39 is 5.97 Å². The van der Waals surface area contributed by atoms with Crippen LogP contribution < -0.4 is 0 Å². The van der Waals surface area contributed by atoms with Crippen LogP contribution in [-0.2, 0) is 6.54 Å². The maximum Gasteiger partial charge on any atom is 0.336 e. The molecule has 0 bridgehead atoms. The second kappa shape index (κ2) is 4.62. The number of hydrogen-bond donors (Lipinski definition) is 1. The van der Waals surface area contributed by atoms with E-state index in [2.05, 4.69) is 11.5 Å². The fourth-order valence-electron chi connectivity index (χ4n) is 2.25. The van der Waals surface area contributed by atoms with Gasteiger partial charge in [-0.05, 0) is 31.0 Å². The van der Waals surface area contributed by atoms with Gasteiger partial charge >= 0.3 is 5.97 Å². The van der Waals surface area contributed by atoms with Crippen molar-refractivity contribution >= 4 is 16.9 Å². The second-order valence-electron chi connectivity index (χ2n) is 4.36. The number of aromatic carboxylic acids is 1. The molecule has 0 atom stereocenters. The minimum absolute atomic E-state index is 0.398. The molecule has 90 valence electrons. The van der Waals surface area contributed by atoms with E-state index in [1.54, 1.807) is 6.07 Å². The standard InChI is InChI=1S/C14H17NO2/c1-3-4-8-15-9-10(2)13-11(14(16)17)6-5-7-12(13)15/h5-7,9H,3-4,8H2,1-2H3,(H,16,17). The number of benzene rings is 1. The fraction of sp³-hybridized carbons (Fsp3) is 0.357. The number of fused-ring (bicyclic) bond motifs is 1. The zero-order valence-electron chi connectivity index (χ0n) is 10.2. The van der Waals surface area contributed by atoms with Gasteiger partial charge in [0.1, 0.15) is 0 Å². The van der Waals surface area contributed by atoms with Crippen molar-refractivity contribution in [3.63, 3.8) is 0 Å². The van der Waals surface area contributed by atoms with E-state index in [1.165, 1.54) is 0 Å². The zero-order chi connectivity index (χ0) is 12.4.